The maximum absolute atomic E-state index is 12.3. The Balaban J connectivity index is 1.35. The Morgan fingerprint density at radius 1 is 1.10 bits per heavy atom. The van der Waals surface area contributed by atoms with Gasteiger partial charge >= 0.3 is 0 Å². The summed E-state index contributed by atoms with van der Waals surface area (Å²) in [7, 11) is 0. The SMILES string of the molecule is O=C(/C=C/c1ccc([N+](=O)[O-])cc1)NCC1CCN(C(=O)COc2ccccc2)CC1. The Kier molecular flexibility index (Phi) is 7.75. The summed E-state index contributed by atoms with van der Waals surface area (Å²) in [5, 5.41) is 13.5. The van der Waals surface area contributed by atoms with Crippen molar-refractivity contribution >= 4 is 23.6 Å². The van der Waals surface area contributed by atoms with Gasteiger partial charge in [0, 0.05) is 37.8 Å². The normalized spacial score (nSPS) is 14.4. The van der Waals surface area contributed by atoms with Crippen molar-refractivity contribution in [1.29, 1.82) is 0 Å². The van der Waals surface area contributed by atoms with E-state index in [-0.39, 0.29) is 24.1 Å². The minimum atomic E-state index is -0.463. The number of carbonyl (C=O) groups excluding carboxylic acids is 2. The molecule has 0 bridgehead atoms. The van der Waals surface area contributed by atoms with Crippen molar-refractivity contribution in [1.82, 2.24) is 10.2 Å². The van der Waals surface area contributed by atoms with Crippen LogP contribution in [0, 0.1) is 16.0 Å². The fourth-order valence-corrected chi connectivity index (χ4v) is 3.32. The maximum Gasteiger partial charge on any atom is 0.269 e. The van der Waals surface area contributed by atoms with E-state index < -0.39 is 4.92 Å². The number of non-ortho nitro benzene ring substituents is 1. The van der Waals surface area contributed by atoms with Crippen molar-refractivity contribution < 1.29 is 19.2 Å². The van der Waals surface area contributed by atoms with E-state index in [0.717, 1.165) is 12.8 Å². The first-order valence-corrected chi connectivity index (χ1v) is 10.2. The molecule has 0 aromatic heterocycles. The number of benzene rings is 2. The Labute approximate surface area is 180 Å². The van der Waals surface area contributed by atoms with Gasteiger partial charge in [0.1, 0.15) is 5.75 Å². The molecule has 1 aliphatic heterocycles. The molecule has 0 radical (unpaired) electrons. The average molecular weight is 423 g/mol. The molecule has 1 fully saturated rings. The standard InChI is InChI=1S/C23H25N3O5/c27-22(11-8-18-6-9-20(10-7-18)26(29)30)24-16-19-12-14-25(15-13-19)23(28)17-31-21-4-2-1-3-5-21/h1-11,19H,12-17H2,(H,24,27)/b11-8+. The molecule has 1 heterocycles. The number of piperidine rings is 1. The lowest BCUT2D eigenvalue weighted by Gasteiger charge is -2.32. The second-order valence-corrected chi connectivity index (χ2v) is 7.35. The van der Waals surface area contributed by atoms with E-state index in [9.17, 15) is 19.7 Å². The zero-order valence-corrected chi connectivity index (χ0v) is 17.1. The number of amides is 2. The van der Waals surface area contributed by atoms with Gasteiger partial charge in [-0.2, -0.15) is 0 Å². The molecule has 1 N–H and O–H groups in total. The molecular weight excluding hydrogens is 398 g/mol. The van der Waals surface area contributed by atoms with Gasteiger partial charge in [-0.3, -0.25) is 19.7 Å². The number of nitrogens with one attached hydrogen (secondary N) is 1. The second-order valence-electron chi connectivity index (χ2n) is 7.35. The summed E-state index contributed by atoms with van der Waals surface area (Å²) < 4.78 is 5.52. The molecule has 0 aliphatic carbocycles. The van der Waals surface area contributed by atoms with Crippen molar-refractivity contribution in [3.05, 3.63) is 76.4 Å². The number of nitro groups is 1. The lowest BCUT2D eigenvalue weighted by Crippen LogP contribution is -2.43. The molecule has 0 atom stereocenters. The summed E-state index contributed by atoms with van der Waals surface area (Å²) in [6, 6.07) is 15.2. The van der Waals surface area contributed by atoms with Crippen molar-refractivity contribution in [3.63, 3.8) is 0 Å². The van der Waals surface area contributed by atoms with Gasteiger partial charge in [-0.05, 0) is 54.7 Å². The highest BCUT2D eigenvalue weighted by Crippen LogP contribution is 2.17. The maximum atomic E-state index is 12.3. The van der Waals surface area contributed by atoms with E-state index in [1.807, 2.05) is 30.3 Å². The largest absolute Gasteiger partial charge is 0.484 e. The Hall–Kier alpha value is -3.68. The van der Waals surface area contributed by atoms with Gasteiger partial charge in [0.05, 0.1) is 4.92 Å². The predicted octanol–water partition coefficient (Wildman–Crippen LogP) is 3.04. The molecule has 1 saturated heterocycles. The summed E-state index contributed by atoms with van der Waals surface area (Å²) in [5.74, 6) is 0.747. The third kappa shape index (κ3) is 6.95. The molecule has 2 aromatic carbocycles. The molecule has 162 valence electrons. The van der Waals surface area contributed by atoms with Gasteiger partial charge < -0.3 is 15.0 Å². The average Bonchev–Trinajstić information content (AvgIpc) is 2.81. The van der Waals surface area contributed by atoms with E-state index in [1.165, 1.54) is 18.2 Å². The lowest BCUT2D eigenvalue weighted by molar-refractivity contribution is -0.384. The Morgan fingerprint density at radius 3 is 2.42 bits per heavy atom. The molecule has 31 heavy (non-hydrogen) atoms. The molecule has 0 unspecified atom stereocenters. The quantitative estimate of drug-likeness (QED) is 0.399. The van der Waals surface area contributed by atoms with Crippen LogP contribution in [-0.2, 0) is 9.59 Å². The third-order valence-electron chi connectivity index (χ3n) is 5.17. The van der Waals surface area contributed by atoms with Crippen LogP contribution in [0.3, 0.4) is 0 Å². The van der Waals surface area contributed by atoms with Crippen LogP contribution >= 0.6 is 0 Å². The highest BCUT2D eigenvalue weighted by atomic mass is 16.6. The van der Waals surface area contributed by atoms with Gasteiger partial charge in [-0.15, -0.1) is 0 Å². The lowest BCUT2D eigenvalue weighted by atomic mass is 9.96. The highest BCUT2D eigenvalue weighted by molar-refractivity contribution is 5.91. The Bertz CT molecular complexity index is 920. The van der Waals surface area contributed by atoms with Gasteiger partial charge in [-0.1, -0.05) is 18.2 Å². The molecule has 2 aromatic rings. The minimum Gasteiger partial charge on any atom is -0.484 e. The molecule has 2 amide bonds. The number of nitrogens with zero attached hydrogens (tertiary/aromatic N) is 2. The number of likely N-dealkylation sites (tertiary alicyclic amines) is 1. The molecule has 3 rings (SSSR count). The number of nitro benzene ring substituents is 1. The van der Waals surface area contributed by atoms with E-state index in [4.69, 9.17) is 4.74 Å². The van der Waals surface area contributed by atoms with Crippen LogP contribution in [0.25, 0.3) is 6.08 Å². The van der Waals surface area contributed by atoms with Crippen LogP contribution < -0.4 is 10.1 Å². The number of hydrogen-bond donors (Lipinski definition) is 1. The number of para-hydroxylation sites is 1. The smallest absolute Gasteiger partial charge is 0.269 e. The van der Waals surface area contributed by atoms with Gasteiger partial charge in [-0.25, -0.2) is 0 Å². The molecular formula is C23H25N3O5. The van der Waals surface area contributed by atoms with Crippen LogP contribution in [0.1, 0.15) is 18.4 Å². The highest BCUT2D eigenvalue weighted by Gasteiger charge is 2.23. The number of carbonyl (C=O) groups is 2. The molecule has 8 heteroatoms. The van der Waals surface area contributed by atoms with Crippen molar-refractivity contribution in [2.75, 3.05) is 26.2 Å². The number of hydrogen-bond acceptors (Lipinski definition) is 5. The molecule has 0 spiro atoms. The first-order valence-electron chi connectivity index (χ1n) is 10.2. The molecule has 0 saturated carbocycles. The second kappa shape index (κ2) is 10.9. The summed E-state index contributed by atoms with van der Waals surface area (Å²) in [4.78, 5) is 36.3. The fourth-order valence-electron chi connectivity index (χ4n) is 3.32. The van der Waals surface area contributed by atoms with Crippen LogP contribution in [-0.4, -0.2) is 47.9 Å². The van der Waals surface area contributed by atoms with Crippen LogP contribution in [0.4, 0.5) is 5.69 Å². The van der Waals surface area contributed by atoms with Crippen molar-refractivity contribution in [3.8, 4) is 5.75 Å². The third-order valence-corrected chi connectivity index (χ3v) is 5.17. The zero-order chi connectivity index (χ0) is 22.1. The minimum absolute atomic E-state index is 0.0121. The summed E-state index contributed by atoms with van der Waals surface area (Å²) in [6.07, 6.45) is 4.68. The van der Waals surface area contributed by atoms with Crippen LogP contribution in [0.5, 0.6) is 5.75 Å². The van der Waals surface area contributed by atoms with E-state index in [0.29, 0.717) is 36.9 Å². The van der Waals surface area contributed by atoms with Gasteiger partial charge in [0.2, 0.25) is 5.91 Å². The van der Waals surface area contributed by atoms with Crippen LogP contribution in [0.15, 0.2) is 60.7 Å². The topological polar surface area (TPSA) is 102 Å². The molecule has 8 nitrogen and oxygen atoms in total. The first kappa shape index (κ1) is 22.0. The van der Waals surface area contributed by atoms with E-state index >= 15 is 0 Å². The molecule has 1 aliphatic rings. The van der Waals surface area contributed by atoms with Crippen molar-refractivity contribution in [2.45, 2.75) is 12.8 Å². The van der Waals surface area contributed by atoms with Gasteiger partial charge in [0.25, 0.3) is 11.6 Å². The predicted molar refractivity (Wildman–Crippen MR) is 116 cm³/mol. The van der Waals surface area contributed by atoms with Crippen molar-refractivity contribution in [2.24, 2.45) is 5.92 Å². The zero-order valence-electron chi connectivity index (χ0n) is 17.1. The summed E-state index contributed by atoms with van der Waals surface area (Å²) >= 11 is 0. The van der Waals surface area contributed by atoms with Crippen LogP contribution in [0.2, 0.25) is 0 Å². The summed E-state index contributed by atoms with van der Waals surface area (Å²) in [5.41, 5.74) is 0.725. The number of rotatable bonds is 8. The van der Waals surface area contributed by atoms with E-state index in [2.05, 4.69) is 5.32 Å². The van der Waals surface area contributed by atoms with E-state index in [1.54, 1.807) is 23.1 Å². The van der Waals surface area contributed by atoms with Gasteiger partial charge in [0.15, 0.2) is 6.61 Å². The number of ether oxygens (including phenoxy) is 1. The Morgan fingerprint density at radius 2 is 1.77 bits per heavy atom. The first-order chi connectivity index (χ1) is 15.0. The monoisotopic (exact) mass is 423 g/mol. The summed E-state index contributed by atoms with van der Waals surface area (Å²) in [6.45, 7) is 1.87. The fraction of sp³-hybridized carbons (Fsp3) is 0.304.